The Morgan fingerprint density at radius 1 is 0.717 bits per heavy atom. The predicted molar refractivity (Wildman–Crippen MR) is 212 cm³/mol. The van der Waals surface area contributed by atoms with Gasteiger partial charge in [0.15, 0.2) is 10.9 Å². The summed E-state index contributed by atoms with van der Waals surface area (Å²) < 4.78 is 19.7. The second-order valence-corrected chi connectivity index (χ2v) is 13.1. The fraction of sp³-hybridized carbons (Fsp3) is 0.316. The summed E-state index contributed by atoms with van der Waals surface area (Å²) in [5.41, 5.74) is 2.60. The summed E-state index contributed by atoms with van der Waals surface area (Å²) in [4.78, 5) is 43.1. The monoisotopic (exact) mass is 826 g/mol. The van der Waals surface area contributed by atoms with E-state index in [-0.39, 0.29) is 21.4 Å². The van der Waals surface area contributed by atoms with E-state index in [9.17, 15) is 9.59 Å². The van der Waals surface area contributed by atoms with E-state index in [2.05, 4.69) is 35.9 Å². The number of methoxy groups -OCH3 is 2. The summed E-state index contributed by atoms with van der Waals surface area (Å²) in [7, 11) is 3.23. The Morgan fingerprint density at radius 3 is 1.58 bits per heavy atom. The van der Waals surface area contributed by atoms with Crippen molar-refractivity contribution >= 4 is 60.9 Å². The summed E-state index contributed by atoms with van der Waals surface area (Å²) in [6.07, 6.45) is 4.68. The van der Waals surface area contributed by atoms with Gasteiger partial charge in [0.25, 0.3) is 11.1 Å². The summed E-state index contributed by atoms with van der Waals surface area (Å²) in [5, 5.41) is 9.09. The van der Waals surface area contributed by atoms with Crippen molar-refractivity contribution in [1.82, 2.24) is 29.1 Å². The van der Waals surface area contributed by atoms with Crippen LogP contribution in [0.25, 0.3) is 21.8 Å². The third-order valence-electron chi connectivity index (χ3n) is 7.87. The fourth-order valence-corrected chi connectivity index (χ4v) is 5.88. The highest BCUT2D eigenvalue weighted by atomic mass is 79.9. The number of aliphatic hydroxyl groups is 1. The predicted octanol–water partition coefficient (Wildman–Crippen LogP) is 7.56. The summed E-state index contributed by atoms with van der Waals surface area (Å²) in [5.74, 6) is 3.06. The van der Waals surface area contributed by atoms with Gasteiger partial charge in [-0.15, -0.1) is 0 Å². The van der Waals surface area contributed by atoms with Gasteiger partial charge in [-0.3, -0.25) is 18.7 Å². The number of fused-ring (bicyclic) bond motifs is 2. The molecule has 53 heavy (non-hydrogen) atoms. The average molecular weight is 829 g/mol. The molecule has 2 aromatic carbocycles. The quantitative estimate of drug-likeness (QED) is 0.138. The molecule has 0 fully saturated rings. The zero-order valence-electron chi connectivity index (χ0n) is 30.3. The van der Waals surface area contributed by atoms with E-state index in [1.54, 1.807) is 37.2 Å². The van der Waals surface area contributed by atoms with E-state index >= 15 is 0 Å². The largest absolute Gasteiger partial charge is 0.497 e. The first kappa shape index (κ1) is 41.2. The molecule has 6 rings (SSSR count). The number of rotatable bonds is 10. The molecule has 12 nitrogen and oxygen atoms in total. The first-order chi connectivity index (χ1) is 25.5. The lowest BCUT2D eigenvalue weighted by atomic mass is 10.2. The normalized spacial score (nSPS) is 10.7. The Balaban J connectivity index is 0.000000216. The lowest BCUT2D eigenvalue weighted by molar-refractivity contribution is 0.295. The minimum atomic E-state index is -0.196. The molecule has 15 heteroatoms. The summed E-state index contributed by atoms with van der Waals surface area (Å²) >= 11 is 15.5. The van der Waals surface area contributed by atoms with Gasteiger partial charge >= 0.3 is 0 Å². The van der Waals surface area contributed by atoms with Crippen LogP contribution in [0.1, 0.15) is 49.5 Å². The number of aromatic nitrogens is 6. The van der Waals surface area contributed by atoms with Gasteiger partial charge < -0.3 is 19.3 Å². The molecule has 0 spiro atoms. The Labute approximate surface area is 325 Å². The third-order valence-corrected chi connectivity index (χ3v) is 9.42. The number of nitrogens with zero attached hydrogens (tertiary/aromatic N) is 6. The van der Waals surface area contributed by atoms with E-state index in [1.807, 2.05) is 62.4 Å². The Hall–Kier alpha value is -4.56. The molecule has 0 aliphatic rings. The molecule has 0 bridgehead atoms. The Kier molecular flexibility index (Phi) is 15.2. The van der Waals surface area contributed by atoms with Crippen LogP contribution in [0.2, 0.25) is 10.3 Å². The molecule has 0 saturated carbocycles. The first-order valence-corrected chi connectivity index (χ1v) is 18.3. The number of hydrogen-bond acceptors (Lipinski definition) is 10. The van der Waals surface area contributed by atoms with Gasteiger partial charge in [0.2, 0.25) is 0 Å². The van der Waals surface area contributed by atoms with Crippen LogP contribution < -0.4 is 25.3 Å². The van der Waals surface area contributed by atoms with Crippen molar-refractivity contribution in [1.29, 1.82) is 0 Å². The van der Waals surface area contributed by atoms with Crippen LogP contribution in [0, 0.1) is 13.8 Å². The van der Waals surface area contributed by atoms with Crippen molar-refractivity contribution in [3.8, 4) is 17.2 Å². The molecular weight excluding hydrogens is 787 g/mol. The van der Waals surface area contributed by atoms with Gasteiger partial charge in [-0.2, -0.15) is 0 Å². The van der Waals surface area contributed by atoms with Crippen LogP contribution in [-0.4, -0.2) is 61.6 Å². The van der Waals surface area contributed by atoms with Crippen molar-refractivity contribution < 1.29 is 19.3 Å². The zero-order valence-corrected chi connectivity index (χ0v) is 33.4. The molecule has 1 N–H and O–H groups in total. The molecule has 0 aliphatic heterocycles. The third kappa shape index (κ3) is 10.1. The van der Waals surface area contributed by atoms with Crippen molar-refractivity contribution in [2.45, 2.75) is 53.6 Å². The van der Waals surface area contributed by atoms with E-state index in [1.165, 1.54) is 12.4 Å². The highest BCUT2D eigenvalue weighted by molar-refractivity contribution is 9.10. The second-order valence-electron chi connectivity index (χ2n) is 11.6. The fourth-order valence-electron chi connectivity index (χ4n) is 5.06. The Morgan fingerprint density at radius 2 is 1.15 bits per heavy atom. The smallest absolute Gasteiger partial charge is 0.265 e. The number of aliphatic hydroxyl groups excluding tert-OH is 1. The lowest BCUT2D eigenvalue weighted by Crippen LogP contribution is -2.25. The molecular formula is C38H41BrCl2N6O6. The number of halogens is 3. The van der Waals surface area contributed by atoms with Crippen molar-refractivity contribution in [2.75, 3.05) is 27.4 Å². The maximum absolute atomic E-state index is 13.1. The number of aryl methyl sites for hydroxylation is 2. The average Bonchev–Trinajstić information content (AvgIpc) is 3.17. The first-order valence-electron chi connectivity index (χ1n) is 16.7. The van der Waals surface area contributed by atoms with Crippen molar-refractivity contribution in [2.24, 2.45) is 0 Å². The van der Waals surface area contributed by atoms with Crippen LogP contribution in [-0.2, 0) is 13.1 Å². The van der Waals surface area contributed by atoms with Gasteiger partial charge in [-0.25, -0.2) is 19.9 Å². The van der Waals surface area contributed by atoms with Crippen LogP contribution in [0.5, 0.6) is 17.2 Å². The van der Waals surface area contributed by atoms with Crippen LogP contribution in [0.4, 0.5) is 0 Å². The molecule has 0 unspecified atom stereocenters. The SMILES string of the molecule is CCCO.CCCOc1c(Cl)ncc2nc(C)n(Cc3ccc(OC)cc3)c(=O)c12.COc1ccc(Cn2c(C)nc3cnc(Cl)c(Br)c3c2=O)cc1. The highest BCUT2D eigenvalue weighted by Gasteiger charge is 2.18. The molecule has 0 atom stereocenters. The van der Waals surface area contributed by atoms with E-state index < -0.39 is 0 Å². The molecule has 280 valence electrons. The molecule has 0 amide bonds. The number of benzene rings is 2. The van der Waals surface area contributed by atoms with Crippen LogP contribution >= 0.6 is 39.1 Å². The molecule has 0 saturated heterocycles. The van der Waals surface area contributed by atoms with E-state index in [0.717, 1.165) is 35.5 Å². The molecule has 0 aliphatic carbocycles. The lowest BCUT2D eigenvalue weighted by Gasteiger charge is -2.14. The second kappa shape index (κ2) is 19.5. The van der Waals surface area contributed by atoms with Gasteiger partial charge in [-0.05, 0) is 78.0 Å². The van der Waals surface area contributed by atoms with Gasteiger partial charge in [0.05, 0.1) is 61.7 Å². The maximum atomic E-state index is 13.1. The molecule has 4 aromatic heterocycles. The Bertz CT molecular complexity index is 2280. The van der Waals surface area contributed by atoms with Crippen molar-refractivity contribution in [3.63, 3.8) is 0 Å². The number of pyridine rings is 2. The number of hydrogen-bond donors (Lipinski definition) is 1. The van der Waals surface area contributed by atoms with Gasteiger partial charge in [0, 0.05) is 6.61 Å². The van der Waals surface area contributed by atoms with E-state index in [4.69, 9.17) is 42.5 Å². The van der Waals surface area contributed by atoms with Crippen molar-refractivity contribution in [3.05, 3.63) is 119 Å². The summed E-state index contributed by atoms with van der Waals surface area (Å²) in [6.45, 7) is 9.09. The molecule has 6 aromatic rings. The minimum absolute atomic E-state index is 0.153. The minimum Gasteiger partial charge on any atom is -0.497 e. The van der Waals surface area contributed by atoms with Gasteiger partial charge in [0.1, 0.15) is 39.2 Å². The van der Waals surface area contributed by atoms with E-state index in [0.29, 0.717) is 70.0 Å². The highest BCUT2D eigenvalue weighted by Crippen LogP contribution is 2.29. The van der Waals surface area contributed by atoms with Crippen LogP contribution in [0.3, 0.4) is 0 Å². The molecule has 0 radical (unpaired) electrons. The van der Waals surface area contributed by atoms with Crippen LogP contribution in [0.15, 0.2) is 75.0 Å². The number of ether oxygens (including phenoxy) is 3. The maximum Gasteiger partial charge on any atom is 0.265 e. The summed E-state index contributed by atoms with van der Waals surface area (Å²) in [6, 6.07) is 15.1. The molecule has 4 heterocycles. The zero-order chi connectivity index (χ0) is 38.7. The van der Waals surface area contributed by atoms with Gasteiger partial charge in [-0.1, -0.05) is 61.3 Å². The topological polar surface area (TPSA) is 143 Å². The standard InChI is InChI=1S/C19H20ClN3O3.C16H13BrClN3O2.C3H8O/c1-4-9-26-17-16-15(10-21-18(17)20)22-12(2)23(19(16)24)11-13-5-7-14(25-3)8-6-13;1-9-20-12-7-19-15(18)14(17)13(12)16(22)21(9)8-10-3-5-11(23-2)6-4-10;1-2-3-4/h5-8,10H,4,9,11H2,1-3H3;3-7H,8H2,1-2H3;4H,2-3H2,1H3.